The van der Waals surface area contributed by atoms with Crippen LogP contribution in [0.15, 0.2) is 54.9 Å². The maximum atomic E-state index is 15.2. The third-order valence-corrected chi connectivity index (χ3v) is 6.59. The zero-order valence-corrected chi connectivity index (χ0v) is 20.2. The van der Waals surface area contributed by atoms with Crippen molar-refractivity contribution in [2.45, 2.75) is 25.5 Å². The first-order valence-corrected chi connectivity index (χ1v) is 11.9. The molecule has 3 aromatic rings. The minimum atomic E-state index is -0.553. The molecule has 188 valence electrons. The smallest absolute Gasteiger partial charge is 0.414 e. The van der Waals surface area contributed by atoms with Crippen molar-refractivity contribution in [3.8, 4) is 16.9 Å². The minimum Gasteiger partial charge on any atom is -0.496 e. The number of cyclic esters (lactones) is 1. The topological polar surface area (TPSA) is 88.9 Å². The fourth-order valence-corrected chi connectivity index (χ4v) is 4.75. The first-order valence-electron chi connectivity index (χ1n) is 11.9. The summed E-state index contributed by atoms with van der Waals surface area (Å²) < 4.78 is 27.8. The van der Waals surface area contributed by atoms with Gasteiger partial charge in [-0.25, -0.2) is 9.18 Å². The molecule has 0 bridgehead atoms. The Balaban J connectivity index is 1.26. The highest BCUT2D eigenvalue weighted by atomic mass is 19.1. The van der Waals surface area contributed by atoms with E-state index in [4.69, 9.17) is 9.47 Å². The summed E-state index contributed by atoms with van der Waals surface area (Å²) in [4.78, 5) is 26.8. The lowest BCUT2D eigenvalue weighted by molar-refractivity contribution is -0.119. The predicted molar refractivity (Wildman–Crippen MR) is 133 cm³/mol. The van der Waals surface area contributed by atoms with E-state index in [1.165, 1.54) is 17.9 Å². The van der Waals surface area contributed by atoms with Gasteiger partial charge in [-0.1, -0.05) is 18.2 Å². The van der Waals surface area contributed by atoms with Gasteiger partial charge >= 0.3 is 6.09 Å². The van der Waals surface area contributed by atoms with Gasteiger partial charge in [-0.15, -0.1) is 0 Å². The molecular formula is C26H28FN5O4. The van der Waals surface area contributed by atoms with Crippen LogP contribution in [0.4, 0.5) is 20.6 Å². The molecule has 2 saturated heterocycles. The molecule has 9 nitrogen and oxygen atoms in total. The zero-order valence-electron chi connectivity index (χ0n) is 20.2. The first-order chi connectivity index (χ1) is 17.4. The molecule has 0 spiro atoms. The van der Waals surface area contributed by atoms with Crippen molar-refractivity contribution in [3.63, 3.8) is 0 Å². The van der Waals surface area contributed by atoms with Crippen LogP contribution < -0.4 is 19.9 Å². The molecule has 0 aliphatic carbocycles. The first kappa shape index (κ1) is 23.7. The van der Waals surface area contributed by atoms with E-state index in [0.717, 1.165) is 23.3 Å². The van der Waals surface area contributed by atoms with Gasteiger partial charge < -0.3 is 19.7 Å². The fourth-order valence-electron chi connectivity index (χ4n) is 4.75. The molecule has 0 unspecified atom stereocenters. The van der Waals surface area contributed by atoms with Crippen LogP contribution in [0.2, 0.25) is 0 Å². The van der Waals surface area contributed by atoms with Crippen molar-refractivity contribution < 1.29 is 23.5 Å². The molecule has 0 saturated carbocycles. The Bertz CT molecular complexity index is 1280. The number of nitrogens with zero attached hydrogens (tertiary/aromatic N) is 4. The minimum absolute atomic E-state index is 0.107. The number of ether oxygens (including phenoxy) is 2. The van der Waals surface area contributed by atoms with Crippen molar-refractivity contribution in [1.82, 2.24) is 15.1 Å². The van der Waals surface area contributed by atoms with Gasteiger partial charge in [-0.05, 0) is 30.7 Å². The summed E-state index contributed by atoms with van der Waals surface area (Å²) >= 11 is 0. The Labute approximate surface area is 208 Å². The summed E-state index contributed by atoms with van der Waals surface area (Å²) in [6.45, 7) is 3.18. The Morgan fingerprint density at radius 1 is 1.25 bits per heavy atom. The van der Waals surface area contributed by atoms with E-state index >= 15 is 4.39 Å². The van der Waals surface area contributed by atoms with E-state index in [9.17, 15) is 9.59 Å². The number of anilines is 2. The molecule has 2 aromatic carbocycles. The molecule has 2 atom stereocenters. The summed E-state index contributed by atoms with van der Waals surface area (Å²) in [5.74, 6) is 0.187. The molecule has 0 radical (unpaired) electrons. The van der Waals surface area contributed by atoms with Gasteiger partial charge in [0.2, 0.25) is 5.91 Å². The second-order valence-electron chi connectivity index (χ2n) is 8.99. The van der Waals surface area contributed by atoms with Gasteiger partial charge in [0.15, 0.2) is 0 Å². The third-order valence-electron chi connectivity index (χ3n) is 6.59. The van der Waals surface area contributed by atoms with Gasteiger partial charge in [-0.3, -0.25) is 14.4 Å². The number of rotatable bonds is 7. The number of hydrogen-bond acceptors (Lipinski definition) is 6. The Kier molecular flexibility index (Phi) is 6.49. The van der Waals surface area contributed by atoms with Crippen LogP contribution in [-0.2, 0) is 9.53 Å². The molecule has 36 heavy (non-hydrogen) atoms. The highest BCUT2D eigenvalue weighted by molar-refractivity contribution is 5.90. The van der Waals surface area contributed by atoms with Crippen LogP contribution in [0, 0.1) is 5.82 Å². The van der Waals surface area contributed by atoms with E-state index in [1.54, 1.807) is 19.2 Å². The van der Waals surface area contributed by atoms with E-state index in [-0.39, 0.29) is 25.0 Å². The summed E-state index contributed by atoms with van der Waals surface area (Å²) in [7, 11) is 1.65. The van der Waals surface area contributed by atoms with E-state index in [2.05, 4.69) is 10.4 Å². The monoisotopic (exact) mass is 493 g/mol. The average molecular weight is 494 g/mol. The number of hydrogen-bond donors (Lipinski definition) is 1. The molecule has 3 heterocycles. The highest BCUT2D eigenvalue weighted by Gasteiger charge is 2.33. The number of aromatic nitrogens is 2. The quantitative estimate of drug-likeness (QED) is 0.541. The number of para-hydroxylation sites is 1. The number of nitrogens with one attached hydrogen (secondary N) is 1. The second kappa shape index (κ2) is 9.88. The van der Waals surface area contributed by atoms with Crippen LogP contribution in [0.25, 0.3) is 11.1 Å². The lowest BCUT2D eigenvalue weighted by atomic mass is 10.1. The van der Waals surface area contributed by atoms with Gasteiger partial charge in [0.05, 0.1) is 43.8 Å². The Hall–Kier alpha value is -4.08. The summed E-state index contributed by atoms with van der Waals surface area (Å²) in [5, 5.41) is 7.20. The molecule has 10 heteroatoms. The number of carbonyl (C=O) groups excluding carboxylic acids is 2. The highest BCUT2D eigenvalue weighted by Crippen LogP contribution is 2.34. The molecule has 2 aliphatic heterocycles. The molecule has 2 aliphatic rings. The number of benzene rings is 2. The van der Waals surface area contributed by atoms with Crippen LogP contribution >= 0.6 is 0 Å². The third kappa shape index (κ3) is 4.71. The van der Waals surface area contributed by atoms with Crippen molar-refractivity contribution >= 4 is 23.4 Å². The predicted octanol–water partition coefficient (Wildman–Crippen LogP) is 3.61. The van der Waals surface area contributed by atoms with Gasteiger partial charge in [0, 0.05) is 37.3 Å². The van der Waals surface area contributed by atoms with Crippen LogP contribution in [0.1, 0.15) is 19.4 Å². The normalized spacial score (nSPS) is 19.5. The summed E-state index contributed by atoms with van der Waals surface area (Å²) in [6.07, 6.45) is 3.63. The summed E-state index contributed by atoms with van der Waals surface area (Å²) in [5.41, 5.74) is 2.86. The Morgan fingerprint density at radius 2 is 2.08 bits per heavy atom. The number of halogens is 1. The van der Waals surface area contributed by atoms with Crippen LogP contribution in [0.3, 0.4) is 0 Å². The van der Waals surface area contributed by atoms with Gasteiger partial charge in [0.25, 0.3) is 0 Å². The van der Waals surface area contributed by atoms with Crippen molar-refractivity contribution in [3.05, 3.63) is 60.7 Å². The SMILES string of the molecule is COc1ccccc1-c1cnn([C@@H]2CCN(c3ccc(N4C[C@H](CNC(C)=O)OC4=O)cc3F)C2)c1. The maximum absolute atomic E-state index is 15.2. The number of carbonyl (C=O) groups is 2. The van der Waals surface area contributed by atoms with Crippen LogP contribution in [-0.4, -0.2) is 61.2 Å². The molecular weight excluding hydrogens is 465 g/mol. The summed E-state index contributed by atoms with van der Waals surface area (Å²) in [6, 6.07) is 12.7. The standard InChI is InChI=1S/C26H28FN5O4/c1-17(33)28-13-21-16-31(26(34)36-21)19-7-8-24(23(27)11-19)30-10-9-20(15-30)32-14-18(12-29-32)22-5-3-4-6-25(22)35-2/h3-8,11-12,14,20-21H,9-10,13,15-16H2,1-2H3,(H,28,33)/t20-,21+/m1/s1. The van der Waals surface area contributed by atoms with E-state index < -0.39 is 18.0 Å². The zero-order chi connectivity index (χ0) is 25.2. The lowest BCUT2D eigenvalue weighted by Gasteiger charge is -2.21. The molecule has 2 fully saturated rings. The van der Waals surface area contributed by atoms with Gasteiger partial charge in [-0.2, -0.15) is 5.10 Å². The number of amides is 2. The number of methoxy groups -OCH3 is 1. The fraction of sp³-hybridized carbons (Fsp3) is 0.346. The maximum Gasteiger partial charge on any atom is 0.414 e. The van der Waals surface area contributed by atoms with Crippen molar-refractivity contribution in [2.75, 3.05) is 43.1 Å². The lowest BCUT2D eigenvalue weighted by Crippen LogP contribution is -2.33. The van der Waals surface area contributed by atoms with Crippen molar-refractivity contribution in [2.24, 2.45) is 0 Å². The van der Waals surface area contributed by atoms with Crippen molar-refractivity contribution in [1.29, 1.82) is 0 Å². The molecule has 5 rings (SSSR count). The molecule has 2 amide bonds. The van der Waals surface area contributed by atoms with E-state index in [1.807, 2.05) is 46.2 Å². The van der Waals surface area contributed by atoms with Crippen LogP contribution in [0.5, 0.6) is 5.75 Å². The average Bonchev–Trinajstić information content (AvgIpc) is 3.62. The molecule has 1 aromatic heterocycles. The largest absolute Gasteiger partial charge is 0.496 e. The van der Waals surface area contributed by atoms with Gasteiger partial charge in [0.1, 0.15) is 17.7 Å². The molecule has 1 N–H and O–H groups in total. The Morgan fingerprint density at radius 3 is 2.86 bits per heavy atom. The van der Waals surface area contributed by atoms with E-state index in [0.29, 0.717) is 24.5 Å². The second-order valence-corrected chi connectivity index (χ2v) is 8.99.